The van der Waals surface area contributed by atoms with E-state index in [1.165, 1.54) is 10.7 Å². The zero-order valence-electron chi connectivity index (χ0n) is 12.1. The minimum Gasteiger partial charge on any atom is -0.273 e. The minimum atomic E-state index is -0.216. The Hall–Kier alpha value is -1.97. The van der Waals surface area contributed by atoms with Gasteiger partial charge in [0.15, 0.2) is 0 Å². The summed E-state index contributed by atoms with van der Waals surface area (Å²) in [4.78, 5) is 11.9. The quantitative estimate of drug-likeness (QED) is 0.846. The molecule has 106 valence electrons. The van der Waals surface area contributed by atoms with Crippen LogP contribution in [-0.4, -0.2) is 15.7 Å². The van der Waals surface area contributed by atoms with Gasteiger partial charge in [-0.25, -0.2) is 9.07 Å². The highest BCUT2D eigenvalue weighted by Gasteiger charge is 2.11. The Bertz CT molecular complexity index is 617. The molecule has 0 aliphatic heterocycles. The van der Waals surface area contributed by atoms with E-state index in [1.807, 2.05) is 26.8 Å². The summed E-state index contributed by atoms with van der Waals surface area (Å²) in [5.41, 5.74) is 2.18. The molecule has 0 saturated carbocycles. The molecule has 0 unspecified atom stereocenters. The fourth-order valence-corrected chi connectivity index (χ4v) is 2.06. The lowest BCUT2D eigenvalue weighted by Gasteiger charge is -2.03. The van der Waals surface area contributed by atoms with E-state index >= 15 is 0 Å². The first-order chi connectivity index (χ1) is 9.51. The maximum Gasteiger partial charge on any atom is 0.247 e. The zero-order valence-corrected chi connectivity index (χ0v) is 12.1. The van der Waals surface area contributed by atoms with E-state index in [4.69, 9.17) is 0 Å². The monoisotopic (exact) mass is 274 g/mol. The number of hydrogen-bond acceptors (Lipinski definition) is 2. The third kappa shape index (κ3) is 3.13. The standard InChI is InChI=1S/C16H19FN2O/c1-4-12-5-6-13(8-15(12)17)14-9-18-19(10-14)16(20)7-11(2)3/h5-6,8-11H,4,7H2,1-3H3. The number of carbonyl (C=O) groups excluding carboxylic acids is 1. The molecule has 0 aliphatic rings. The number of halogens is 1. The van der Waals surface area contributed by atoms with Crippen molar-refractivity contribution in [3.8, 4) is 11.1 Å². The average Bonchev–Trinajstić information content (AvgIpc) is 2.87. The van der Waals surface area contributed by atoms with Crippen molar-refractivity contribution in [2.45, 2.75) is 33.6 Å². The number of aryl methyl sites for hydroxylation is 1. The Morgan fingerprint density at radius 2 is 2.10 bits per heavy atom. The number of benzene rings is 1. The third-order valence-corrected chi connectivity index (χ3v) is 3.19. The first-order valence-corrected chi connectivity index (χ1v) is 6.88. The van der Waals surface area contributed by atoms with Crippen LogP contribution in [0.4, 0.5) is 4.39 Å². The first kappa shape index (κ1) is 14.4. The van der Waals surface area contributed by atoms with Crippen LogP contribution in [0.15, 0.2) is 30.6 Å². The Balaban J connectivity index is 2.24. The summed E-state index contributed by atoms with van der Waals surface area (Å²) in [6, 6.07) is 5.13. The van der Waals surface area contributed by atoms with Crippen LogP contribution >= 0.6 is 0 Å². The predicted octanol–water partition coefficient (Wildman–Crippen LogP) is 3.94. The maximum atomic E-state index is 13.8. The maximum absolute atomic E-state index is 13.8. The van der Waals surface area contributed by atoms with Gasteiger partial charge in [-0.1, -0.05) is 32.9 Å². The number of rotatable bonds is 4. The summed E-state index contributed by atoms with van der Waals surface area (Å²) in [6.45, 7) is 5.89. The van der Waals surface area contributed by atoms with E-state index in [1.54, 1.807) is 18.5 Å². The molecule has 0 radical (unpaired) electrons. The lowest BCUT2D eigenvalue weighted by molar-refractivity contribution is 0.0870. The molecule has 2 rings (SSSR count). The molecule has 20 heavy (non-hydrogen) atoms. The van der Waals surface area contributed by atoms with Crippen LogP contribution in [0.2, 0.25) is 0 Å². The summed E-state index contributed by atoms with van der Waals surface area (Å²) >= 11 is 0. The number of nitrogens with zero attached hydrogens (tertiary/aromatic N) is 2. The van der Waals surface area contributed by atoms with Crippen molar-refractivity contribution in [2.75, 3.05) is 0 Å². The molecule has 0 aliphatic carbocycles. The second-order valence-corrected chi connectivity index (χ2v) is 5.33. The summed E-state index contributed by atoms with van der Waals surface area (Å²) in [7, 11) is 0. The van der Waals surface area contributed by atoms with E-state index in [2.05, 4.69) is 5.10 Å². The highest BCUT2D eigenvalue weighted by atomic mass is 19.1. The SMILES string of the molecule is CCc1ccc(-c2cnn(C(=O)CC(C)C)c2)cc1F. The molecule has 0 bridgehead atoms. The molecule has 0 saturated heterocycles. The Kier molecular flexibility index (Phi) is 4.32. The van der Waals surface area contributed by atoms with Crippen LogP contribution in [0, 0.1) is 11.7 Å². The van der Waals surface area contributed by atoms with Crippen molar-refractivity contribution in [3.05, 3.63) is 42.0 Å². The smallest absolute Gasteiger partial charge is 0.247 e. The summed E-state index contributed by atoms with van der Waals surface area (Å²) in [6.07, 6.45) is 4.37. The van der Waals surface area contributed by atoms with E-state index in [9.17, 15) is 9.18 Å². The van der Waals surface area contributed by atoms with Crippen LogP contribution in [0.1, 0.15) is 37.6 Å². The Labute approximate surface area is 118 Å². The second kappa shape index (κ2) is 5.99. The first-order valence-electron chi connectivity index (χ1n) is 6.88. The molecule has 3 nitrogen and oxygen atoms in total. The van der Waals surface area contributed by atoms with Gasteiger partial charge in [-0.2, -0.15) is 5.10 Å². The van der Waals surface area contributed by atoms with Gasteiger partial charge in [-0.3, -0.25) is 4.79 Å². The Morgan fingerprint density at radius 3 is 2.70 bits per heavy atom. The van der Waals surface area contributed by atoms with Crippen molar-refractivity contribution >= 4 is 5.91 Å². The van der Waals surface area contributed by atoms with E-state index in [0.29, 0.717) is 18.4 Å². The molecule has 4 heteroatoms. The number of aromatic nitrogens is 2. The van der Waals surface area contributed by atoms with Crippen LogP contribution in [0.5, 0.6) is 0 Å². The normalized spacial score (nSPS) is 11.1. The minimum absolute atomic E-state index is 0.0445. The van der Waals surface area contributed by atoms with Gasteiger partial charge in [0.25, 0.3) is 0 Å². The highest BCUT2D eigenvalue weighted by molar-refractivity contribution is 5.79. The number of hydrogen-bond donors (Lipinski definition) is 0. The van der Waals surface area contributed by atoms with Crippen LogP contribution in [-0.2, 0) is 6.42 Å². The van der Waals surface area contributed by atoms with Crippen molar-refractivity contribution < 1.29 is 9.18 Å². The lowest BCUT2D eigenvalue weighted by atomic mass is 10.1. The molecular formula is C16H19FN2O. The van der Waals surface area contributed by atoms with Crippen LogP contribution < -0.4 is 0 Å². The highest BCUT2D eigenvalue weighted by Crippen LogP contribution is 2.22. The number of carbonyl (C=O) groups is 1. The third-order valence-electron chi connectivity index (χ3n) is 3.19. The van der Waals surface area contributed by atoms with Crippen molar-refractivity contribution in [1.82, 2.24) is 9.78 Å². The molecule has 2 aromatic rings. The molecule has 1 aromatic carbocycles. The molecule has 1 aromatic heterocycles. The largest absolute Gasteiger partial charge is 0.273 e. The van der Waals surface area contributed by atoms with Crippen molar-refractivity contribution in [1.29, 1.82) is 0 Å². The molecule has 0 spiro atoms. The molecule has 0 N–H and O–H groups in total. The van der Waals surface area contributed by atoms with Gasteiger partial charge in [0.2, 0.25) is 5.91 Å². The fraction of sp³-hybridized carbons (Fsp3) is 0.375. The lowest BCUT2D eigenvalue weighted by Crippen LogP contribution is -2.13. The summed E-state index contributed by atoms with van der Waals surface area (Å²) in [5, 5.41) is 4.06. The molecule has 0 atom stereocenters. The van der Waals surface area contributed by atoms with Gasteiger partial charge in [-0.15, -0.1) is 0 Å². The predicted molar refractivity (Wildman–Crippen MR) is 77.1 cm³/mol. The molecular weight excluding hydrogens is 255 g/mol. The fourth-order valence-electron chi connectivity index (χ4n) is 2.06. The van der Waals surface area contributed by atoms with Gasteiger partial charge in [0, 0.05) is 18.2 Å². The molecule has 1 heterocycles. The van der Waals surface area contributed by atoms with Crippen molar-refractivity contribution in [2.24, 2.45) is 5.92 Å². The van der Waals surface area contributed by atoms with Gasteiger partial charge < -0.3 is 0 Å². The van der Waals surface area contributed by atoms with Crippen LogP contribution in [0.3, 0.4) is 0 Å². The van der Waals surface area contributed by atoms with Crippen LogP contribution in [0.25, 0.3) is 11.1 Å². The van der Waals surface area contributed by atoms with Gasteiger partial charge in [0.1, 0.15) is 5.82 Å². The topological polar surface area (TPSA) is 34.9 Å². The summed E-state index contributed by atoms with van der Waals surface area (Å²) < 4.78 is 15.1. The van der Waals surface area contributed by atoms with E-state index < -0.39 is 0 Å². The van der Waals surface area contributed by atoms with E-state index in [-0.39, 0.29) is 17.6 Å². The van der Waals surface area contributed by atoms with Gasteiger partial charge in [0.05, 0.1) is 6.20 Å². The zero-order chi connectivity index (χ0) is 14.7. The van der Waals surface area contributed by atoms with Gasteiger partial charge in [-0.05, 0) is 29.5 Å². The second-order valence-electron chi connectivity index (χ2n) is 5.33. The van der Waals surface area contributed by atoms with Gasteiger partial charge >= 0.3 is 0 Å². The van der Waals surface area contributed by atoms with Crippen molar-refractivity contribution in [3.63, 3.8) is 0 Å². The molecule has 0 fully saturated rings. The summed E-state index contributed by atoms with van der Waals surface area (Å²) in [5.74, 6) is 0.0274. The average molecular weight is 274 g/mol. The van der Waals surface area contributed by atoms with E-state index in [0.717, 1.165) is 11.1 Å². The molecule has 0 amide bonds. The Morgan fingerprint density at radius 1 is 1.35 bits per heavy atom.